The minimum atomic E-state index is -4.56. The maximum absolute atomic E-state index is 13.0. The van der Waals surface area contributed by atoms with Crippen molar-refractivity contribution in [2.45, 2.75) is 26.4 Å². The van der Waals surface area contributed by atoms with E-state index in [1.807, 2.05) is 26.0 Å². The Morgan fingerprint density at radius 3 is 2.11 bits per heavy atom. The molecule has 142 valence electrons. The second-order valence-corrected chi connectivity index (χ2v) is 6.79. The van der Waals surface area contributed by atoms with Crippen LogP contribution < -0.4 is 10.6 Å². The lowest BCUT2D eigenvalue weighted by molar-refractivity contribution is -0.137. The van der Waals surface area contributed by atoms with Crippen LogP contribution in [-0.4, -0.2) is 11.8 Å². The summed E-state index contributed by atoms with van der Waals surface area (Å²) < 4.78 is 39.0. The van der Waals surface area contributed by atoms with Crippen LogP contribution in [0.15, 0.2) is 42.5 Å². The molecule has 1 aliphatic carbocycles. The van der Waals surface area contributed by atoms with Crippen LogP contribution in [0.25, 0.3) is 0 Å². The van der Waals surface area contributed by atoms with Crippen molar-refractivity contribution >= 4 is 23.2 Å². The van der Waals surface area contributed by atoms with E-state index in [1.165, 1.54) is 18.2 Å². The van der Waals surface area contributed by atoms with Crippen LogP contribution in [0.2, 0.25) is 0 Å². The van der Waals surface area contributed by atoms with Gasteiger partial charge < -0.3 is 10.6 Å². The van der Waals surface area contributed by atoms with Crippen molar-refractivity contribution in [3.05, 3.63) is 59.2 Å². The number of benzene rings is 2. The second-order valence-electron chi connectivity index (χ2n) is 6.79. The van der Waals surface area contributed by atoms with E-state index in [1.54, 1.807) is 6.07 Å². The van der Waals surface area contributed by atoms with Gasteiger partial charge in [0.05, 0.1) is 23.1 Å². The van der Waals surface area contributed by atoms with Gasteiger partial charge in [0.15, 0.2) is 0 Å². The summed E-state index contributed by atoms with van der Waals surface area (Å²) in [6.45, 7) is 3.81. The topological polar surface area (TPSA) is 58.2 Å². The zero-order chi connectivity index (χ0) is 19.8. The molecule has 2 aromatic rings. The second kappa shape index (κ2) is 7.06. The Balaban J connectivity index is 1.63. The maximum atomic E-state index is 13.0. The molecule has 1 aliphatic rings. The number of aryl methyl sites for hydroxylation is 2. The molecule has 1 saturated carbocycles. The number of nitrogens with one attached hydrogen (secondary N) is 2. The van der Waals surface area contributed by atoms with Gasteiger partial charge in [0.2, 0.25) is 11.8 Å². The highest BCUT2D eigenvalue weighted by atomic mass is 19.4. The third kappa shape index (κ3) is 4.30. The van der Waals surface area contributed by atoms with E-state index in [0.29, 0.717) is 12.1 Å². The maximum Gasteiger partial charge on any atom is 0.418 e. The van der Waals surface area contributed by atoms with E-state index < -0.39 is 29.5 Å². The first-order valence-corrected chi connectivity index (χ1v) is 8.52. The van der Waals surface area contributed by atoms with Crippen LogP contribution >= 0.6 is 0 Å². The Morgan fingerprint density at radius 1 is 0.926 bits per heavy atom. The minimum absolute atomic E-state index is 0.296. The molecule has 0 aromatic heterocycles. The fraction of sp³-hybridized carbons (Fsp3) is 0.300. The van der Waals surface area contributed by atoms with Gasteiger partial charge in [-0.15, -0.1) is 0 Å². The minimum Gasteiger partial charge on any atom is -0.326 e. The number of carbonyl (C=O) groups is 2. The van der Waals surface area contributed by atoms with Gasteiger partial charge in [0.1, 0.15) is 0 Å². The third-order valence-corrected chi connectivity index (χ3v) is 4.59. The number of alkyl halides is 3. The molecule has 2 unspecified atom stereocenters. The Kier molecular flexibility index (Phi) is 4.95. The van der Waals surface area contributed by atoms with Crippen LogP contribution in [0, 0.1) is 25.7 Å². The lowest BCUT2D eigenvalue weighted by Gasteiger charge is -2.13. The summed E-state index contributed by atoms with van der Waals surface area (Å²) >= 11 is 0. The van der Waals surface area contributed by atoms with Gasteiger partial charge in [-0.1, -0.05) is 29.8 Å². The normalized spacial score (nSPS) is 18.7. The summed E-state index contributed by atoms with van der Waals surface area (Å²) in [5.74, 6) is -2.04. The van der Waals surface area contributed by atoms with E-state index in [9.17, 15) is 22.8 Å². The standard InChI is InChI=1S/C20H19F3N2O2/c1-11-7-8-16(12(2)9-11)24-18(26)13-10-14(13)19(27)25-17-6-4-3-5-15(17)20(21,22)23/h3-9,13-14H,10H2,1-2H3,(H,24,26)(H,25,27). The molecule has 2 amide bonds. The van der Waals surface area contributed by atoms with Crippen molar-refractivity contribution in [1.82, 2.24) is 0 Å². The lowest BCUT2D eigenvalue weighted by atomic mass is 10.1. The summed E-state index contributed by atoms with van der Waals surface area (Å²) in [6.07, 6.45) is -4.25. The molecular weight excluding hydrogens is 357 g/mol. The molecule has 0 aliphatic heterocycles. The number of rotatable bonds is 4. The highest BCUT2D eigenvalue weighted by Crippen LogP contribution is 2.41. The fourth-order valence-electron chi connectivity index (χ4n) is 3.02. The largest absolute Gasteiger partial charge is 0.418 e. The van der Waals surface area contributed by atoms with E-state index in [4.69, 9.17) is 0 Å². The van der Waals surface area contributed by atoms with E-state index in [-0.39, 0.29) is 11.6 Å². The molecule has 0 bridgehead atoms. The molecule has 7 heteroatoms. The molecule has 3 rings (SSSR count). The number of amides is 2. The van der Waals surface area contributed by atoms with Crippen molar-refractivity contribution in [3.8, 4) is 0 Å². The Morgan fingerprint density at radius 2 is 1.52 bits per heavy atom. The first kappa shape index (κ1) is 18.9. The van der Waals surface area contributed by atoms with Crippen molar-refractivity contribution in [3.63, 3.8) is 0 Å². The average molecular weight is 376 g/mol. The first-order chi connectivity index (χ1) is 12.7. The summed E-state index contributed by atoms with van der Waals surface area (Å²) in [4.78, 5) is 24.6. The fourth-order valence-corrected chi connectivity index (χ4v) is 3.02. The molecular formula is C20H19F3N2O2. The van der Waals surface area contributed by atoms with E-state index >= 15 is 0 Å². The van der Waals surface area contributed by atoms with Crippen molar-refractivity contribution < 1.29 is 22.8 Å². The number of hydrogen-bond donors (Lipinski definition) is 2. The average Bonchev–Trinajstić information content (AvgIpc) is 3.38. The molecule has 0 heterocycles. The summed E-state index contributed by atoms with van der Waals surface area (Å²) in [5, 5.41) is 5.09. The molecule has 2 N–H and O–H groups in total. The summed E-state index contributed by atoms with van der Waals surface area (Å²) in [5.41, 5.74) is 1.44. The summed E-state index contributed by atoms with van der Waals surface area (Å²) in [6, 6.07) is 10.4. The highest BCUT2D eigenvalue weighted by molar-refractivity contribution is 6.03. The van der Waals surface area contributed by atoms with E-state index in [2.05, 4.69) is 10.6 Å². The predicted molar refractivity (Wildman–Crippen MR) is 96.2 cm³/mol. The third-order valence-electron chi connectivity index (χ3n) is 4.59. The van der Waals surface area contributed by atoms with E-state index in [0.717, 1.165) is 17.2 Å². The highest BCUT2D eigenvalue weighted by Gasteiger charge is 2.48. The van der Waals surface area contributed by atoms with Gasteiger partial charge in [0.25, 0.3) is 0 Å². The molecule has 1 fully saturated rings. The van der Waals surface area contributed by atoms with Gasteiger partial charge in [-0.3, -0.25) is 9.59 Å². The van der Waals surface area contributed by atoms with Crippen LogP contribution in [0.1, 0.15) is 23.1 Å². The van der Waals surface area contributed by atoms with Crippen LogP contribution in [-0.2, 0) is 15.8 Å². The monoisotopic (exact) mass is 376 g/mol. The van der Waals surface area contributed by atoms with Gasteiger partial charge in [-0.25, -0.2) is 0 Å². The number of halogens is 3. The van der Waals surface area contributed by atoms with Crippen LogP contribution in [0.5, 0.6) is 0 Å². The van der Waals surface area contributed by atoms with Crippen LogP contribution in [0.4, 0.5) is 24.5 Å². The van der Waals surface area contributed by atoms with Gasteiger partial charge >= 0.3 is 6.18 Å². The van der Waals surface area contributed by atoms with Crippen molar-refractivity contribution in [2.75, 3.05) is 10.6 Å². The number of hydrogen-bond acceptors (Lipinski definition) is 2. The quantitative estimate of drug-likeness (QED) is 0.823. The molecule has 2 aromatic carbocycles. The molecule has 27 heavy (non-hydrogen) atoms. The Hall–Kier alpha value is -2.83. The van der Waals surface area contributed by atoms with Crippen LogP contribution in [0.3, 0.4) is 0 Å². The predicted octanol–water partition coefficient (Wildman–Crippen LogP) is 4.54. The first-order valence-electron chi connectivity index (χ1n) is 8.52. The molecule has 2 atom stereocenters. The van der Waals surface area contributed by atoms with Gasteiger partial charge in [-0.05, 0) is 44.0 Å². The molecule has 0 spiro atoms. The molecule has 0 saturated heterocycles. The Labute approximate surface area is 154 Å². The number of para-hydroxylation sites is 1. The number of anilines is 2. The zero-order valence-electron chi connectivity index (χ0n) is 14.9. The molecule has 0 radical (unpaired) electrons. The smallest absolute Gasteiger partial charge is 0.326 e. The number of carbonyl (C=O) groups excluding carboxylic acids is 2. The van der Waals surface area contributed by atoms with Gasteiger partial charge in [-0.2, -0.15) is 13.2 Å². The van der Waals surface area contributed by atoms with Gasteiger partial charge in [0, 0.05) is 5.69 Å². The zero-order valence-corrected chi connectivity index (χ0v) is 14.9. The van der Waals surface area contributed by atoms with Crippen molar-refractivity contribution in [2.24, 2.45) is 11.8 Å². The van der Waals surface area contributed by atoms with Crippen molar-refractivity contribution in [1.29, 1.82) is 0 Å². The lowest BCUT2D eigenvalue weighted by Crippen LogP contribution is -2.22. The summed E-state index contributed by atoms with van der Waals surface area (Å²) in [7, 11) is 0. The Bertz CT molecular complexity index is 893. The molecule has 4 nitrogen and oxygen atoms in total. The SMILES string of the molecule is Cc1ccc(NC(=O)C2CC2C(=O)Nc2ccccc2C(F)(F)F)c(C)c1.